The maximum atomic E-state index is 13.8. The summed E-state index contributed by atoms with van der Waals surface area (Å²) in [6.45, 7) is 0.636. The number of benzene rings is 2. The molecule has 3 saturated heterocycles. The number of hydrogen-bond donors (Lipinski definition) is 1. The highest BCUT2D eigenvalue weighted by Crippen LogP contribution is 2.60. The van der Waals surface area contributed by atoms with Gasteiger partial charge in [-0.25, -0.2) is 4.90 Å². The van der Waals surface area contributed by atoms with E-state index in [1.807, 2.05) is 23.1 Å². The van der Waals surface area contributed by atoms with Crippen LogP contribution in [0.25, 0.3) is 0 Å². The molecule has 4 atom stereocenters. The Morgan fingerprint density at radius 2 is 1.87 bits per heavy atom. The van der Waals surface area contributed by atoms with Gasteiger partial charge in [-0.2, -0.15) is 0 Å². The minimum atomic E-state index is -1.23. The number of nitro groups is 1. The second-order valence-electron chi connectivity index (χ2n) is 8.46. The minimum Gasteiger partial charge on any atom is -0.324 e. The van der Waals surface area contributed by atoms with E-state index in [0.717, 1.165) is 23.3 Å². The summed E-state index contributed by atoms with van der Waals surface area (Å²) in [7, 11) is 0. The first-order valence-corrected chi connectivity index (χ1v) is 10.3. The number of para-hydroxylation sites is 1. The van der Waals surface area contributed by atoms with Gasteiger partial charge in [-0.05, 0) is 31.5 Å². The summed E-state index contributed by atoms with van der Waals surface area (Å²) >= 11 is 0. The Hall–Kier alpha value is -3.59. The molecule has 0 radical (unpaired) electrons. The molecule has 9 heteroatoms. The second-order valence-corrected chi connectivity index (χ2v) is 8.46. The molecule has 0 aliphatic carbocycles. The molecule has 3 amide bonds. The first kappa shape index (κ1) is 18.2. The number of nitrogens with one attached hydrogen (secondary N) is 1. The molecule has 2 aromatic rings. The topological polar surface area (TPSA) is 113 Å². The molecule has 9 nitrogen and oxygen atoms in total. The van der Waals surface area contributed by atoms with Crippen molar-refractivity contribution < 1.29 is 19.3 Å². The first-order valence-electron chi connectivity index (χ1n) is 10.3. The number of fused-ring (bicyclic) bond motifs is 7. The maximum Gasteiger partial charge on any atom is 0.271 e. The van der Waals surface area contributed by atoms with Crippen molar-refractivity contribution in [1.82, 2.24) is 4.90 Å². The van der Waals surface area contributed by atoms with E-state index < -0.39 is 28.2 Å². The Morgan fingerprint density at radius 1 is 1.06 bits per heavy atom. The van der Waals surface area contributed by atoms with E-state index >= 15 is 0 Å². The SMILES string of the molecule is O=C1[C@@H]2[C@H]3CCCN3[C@]3(C(=O)Nc4ccccc43)[C@H]2C(=O)N1c1cccc([N+](=O)[O-])c1. The lowest BCUT2D eigenvalue weighted by Gasteiger charge is -2.36. The quantitative estimate of drug-likeness (QED) is 0.454. The highest BCUT2D eigenvalue weighted by Gasteiger charge is 2.74. The summed E-state index contributed by atoms with van der Waals surface area (Å²) in [4.78, 5) is 54.5. The number of carbonyl (C=O) groups excluding carboxylic acids is 3. The van der Waals surface area contributed by atoms with Gasteiger partial charge < -0.3 is 5.32 Å². The smallest absolute Gasteiger partial charge is 0.271 e. The zero-order chi connectivity index (χ0) is 21.5. The molecule has 0 bridgehead atoms. The maximum absolute atomic E-state index is 13.8. The molecule has 3 fully saturated rings. The van der Waals surface area contributed by atoms with E-state index in [0.29, 0.717) is 12.2 Å². The Bertz CT molecular complexity index is 1200. The second kappa shape index (κ2) is 5.98. The minimum absolute atomic E-state index is 0.171. The molecule has 4 heterocycles. The molecule has 6 rings (SSSR count). The van der Waals surface area contributed by atoms with Crippen molar-refractivity contribution in [2.24, 2.45) is 11.8 Å². The van der Waals surface area contributed by atoms with Crippen LogP contribution in [-0.2, 0) is 19.9 Å². The van der Waals surface area contributed by atoms with Gasteiger partial charge in [0.15, 0.2) is 0 Å². The lowest BCUT2D eigenvalue weighted by Crippen LogP contribution is -2.54. The average molecular weight is 418 g/mol. The highest BCUT2D eigenvalue weighted by molar-refractivity contribution is 6.25. The first-order chi connectivity index (χ1) is 15.0. The third-order valence-corrected chi connectivity index (χ3v) is 7.20. The fourth-order valence-corrected chi connectivity index (χ4v) is 6.16. The molecule has 0 aromatic heterocycles. The summed E-state index contributed by atoms with van der Waals surface area (Å²) in [5, 5.41) is 14.1. The monoisotopic (exact) mass is 418 g/mol. The number of imide groups is 1. The van der Waals surface area contributed by atoms with Crippen molar-refractivity contribution in [1.29, 1.82) is 0 Å². The van der Waals surface area contributed by atoms with E-state index in [4.69, 9.17) is 0 Å². The zero-order valence-corrected chi connectivity index (χ0v) is 16.4. The van der Waals surface area contributed by atoms with Gasteiger partial charge in [0.05, 0.1) is 22.4 Å². The van der Waals surface area contributed by atoms with Crippen LogP contribution in [0.2, 0.25) is 0 Å². The van der Waals surface area contributed by atoms with Gasteiger partial charge in [-0.1, -0.05) is 24.3 Å². The van der Waals surface area contributed by atoms with E-state index in [1.54, 1.807) is 6.07 Å². The molecule has 156 valence electrons. The number of anilines is 2. The molecule has 2 aromatic carbocycles. The van der Waals surface area contributed by atoms with Crippen molar-refractivity contribution in [2.45, 2.75) is 24.4 Å². The lowest BCUT2D eigenvalue weighted by atomic mass is 9.75. The van der Waals surface area contributed by atoms with Crippen LogP contribution in [-0.4, -0.2) is 40.1 Å². The predicted molar refractivity (Wildman–Crippen MR) is 109 cm³/mol. The van der Waals surface area contributed by atoms with Crippen molar-refractivity contribution in [3.8, 4) is 0 Å². The van der Waals surface area contributed by atoms with Crippen molar-refractivity contribution in [3.63, 3.8) is 0 Å². The van der Waals surface area contributed by atoms with Crippen LogP contribution in [0.1, 0.15) is 18.4 Å². The Morgan fingerprint density at radius 3 is 2.68 bits per heavy atom. The molecule has 0 unspecified atom stereocenters. The fourth-order valence-electron chi connectivity index (χ4n) is 6.16. The molecule has 1 N–H and O–H groups in total. The molecular weight excluding hydrogens is 400 g/mol. The van der Waals surface area contributed by atoms with Crippen LogP contribution < -0.4 is 10.2 Å². The summed E-state index contributed by atoms with van der Waals surface area (Å²) < 4.78 is 0. The molecule has 4 aliphatic rings. The van der Waals surface area contributed by atoms with Crippen LogP contribution in [0.5, 0.6) is 0 Å². The summed E-state index contributed by atoms with van der Waals surface area (Å²) in [5.74, 6) is -2.67. The Kier molecular flexibility index (Phi) is 3.51. The van der Waals surface area contributed by atoms with Gasteiger partial charge in [0.25, 0.3) is 5.69 Å². The lowest BCUT2D eigenvalue weighted by molar-refractivity contribution is -0.384. The normalized spacial score (nSPS) is 31.2. The number of rotatable bonds is 2. The van der Waals surface area contributed by atoms with Crippen molar-refractivity contribution in [3.05, 3.63) is 64.2 Å². The zero-order valence-electron chi connectivity index (χ0n) is 16.4. The number of carbonyl (C=O) groups is 3. The third-order valence-electron chi connectivity index (χ3n) is 7.20. The molecule has 0 saturated carbocycles. The average Bonchev–Trinajstić information content (AvgIpc) is 3.46. The van der Waals surface area contributed by atoms with Crippen LogP contribution in [0.4, 0.5) is 17.1 Å². The number of nitro benzene ring substituents is 1. The number of amides is 3. The van der Waals surface area contributed by atoms with E-state index in [1.165, 1.54) is 24.3 Å². The number of hydrogen-bond acceptors (Lipinski definition) is 6. The molecule has 1 spiro atoms. The standard InChI is InChI=1S/C22H18N4O5/c27-19-17-16-9-4-10-24(16)22(14-7-1-2-8-15(14)23-21(22)29)18(17)20(28)25(19)12-5-3-6-13(11-12)26(30)31/h1-3,5-8,11,16-18H,4,9-10H2,(H,23,29)/t16-,17-,18-,22+/m1/s1. The predicted octanol–water partition coefficient (Wildman–Crippen LogP) is 2.03. The van der Waals surface area contributed by atoms with Gasteiger partial charge in [0.2, 0.25) is 17.7 Å². The number of nitrogens with zero attached hydrogens (tertiary/aromatic N) is 3. The van der Waals surface area contributed by atoms with E-state index in [9.17, 15) is 24.5 Å². The van der Waals surface area contributed by atoms with Gasteiger partial charge in [0, 0.05) is 29.4 Å². The van der Waals surface area contributed by atoms with Crippen LogP contribution >= 0.6 is 0 Å². The van der Waals surface area contributed by atoms with Gasteiger partial charge in [-0.15, -0.1) is 0 Å². The molecule has 31 heavy (non-hydrogen) atoms. The van der Waals surface area contributed by atoms with Gasteiger partial charge >= 0.3 is 0 Å². The summed E-state index contributed by atoms with van der Waals surface area (Å²) in [6.07, 6.45) is 1.56. The number of non-ortho nitro benzene ring substituents is 1. The van der Waals surface area contributed by atoms with Gasteiger partial charge in [-0.3, -0.25) is 29.4 Å². The van der Waals surface area contributed by atoms with Crippen LogP contribution in [0.3, 0.4) is 0 Å². The van der Waals surface area contributed by atoms with E-state index in [-0.39, 0.29) is 29.2 Å². The van der Waals surface area contributed by atoms with Crippen molar-refractivity contribution in [2.75, 3.05) is 16.8 Å². The summed E-state index contributed by atoms with van der Waals surface area (Å²) in [5.41, 5.74) is 0.126. The Balaban J connectivity index is 1.53. The van der Waals surface area contributed by atoms with Gasteiger partial charge in [0.1, 0.15) is 5.54 Å². The molecule has 4 aliphatic heterocycles. The van der Waals surface area contributed by atoms with Crippen LogP contribution in [0, 0.1) is 22.0 Å². The third kappa shape index (κ3) is 2.06. The highest BCUT2D eigenvalue weighted by atomic mass is 16.6. The molecular formula is C22H18N4O5. The largest absolute Gasteiger partial charge is 0.324 e. The van der Waals surface area contributed by atoms with E-state index in [2.05, 4.69) is 5.32 Å². The van der Waals surface area contributed by atoms with Crippen molar-refractivity contribution >= 4 is 34.8 Å². The Labute approximate surface area is 176 Å². The van der Waals surface area contributed by atoms with Crippen LogP contribution in [0.15, 0.2) is 48.5 Å². The fraction of sp³-hybridized carbons (Fsp3) is 0.318. The summed E-state index contributed by atoms with van der Waals surface area (Å²) in [6, 6.07) is 12.6.